The number of halogens is 1. The van der Waals surface area contributed by atoms with Gasteiger partial charge in [0.05, 0.1) is 5.02 Å². The Hall–Kier alpha value is -1.03. The van der Waals surface area contributed by atoms with Gasteiger partial charge >= 0.3 is 0 Å². The van der Waals surface area contributed by atoms with Crippen molar-refractivity contribution in [2.24, 2.45) is 5.92 Å². The van der Waals surface area contributed by atoms with Crippen LogP contribution >= 0.6 is 11.6 Å². The zero-order valence-corrected chi connectivity index (χ0v) is 13.2. The Morgan fingerprint density at radius 2 is 2.10 bits per heavy atom. The van der Waals surface area contributed by atoms with Crippen molar-refractivity contribution in [2.75, 3.05) is 7.11 Å². The van der Waals surface area contributed by atoms with Gasteiger partial charge in [-0.3, -0.25) is 0 Å². The van der Waals surface area contributed by atoms with Gasteiger partial charge in [0, 0.05) is 12.5 Å². The average Bonchev–Trinajstić information content (AvgIpc) is 2.93. The van der Waals surface area contributed by atoms with Crippen LogP contribution in [0.3, 0.4) is 0 Å². The molecule has 1 aliphatic carbocycles. The maximum absolute atomic E-state index is 10.8. The van der Waals surface area contributed by atoms with Crippen molar-refractivity contribution in [1.82, 2.24) is 0 Å². The highest BCUT2D eigenvalue weighted by Crippen LogP contribution is 2.44. The fraction of sp³-hybridized carbons (Fsp3) is 0.529. The van der Waals surface area contributed by atoms with E-state index in [9.17, 15) is 5.11 Å². The Morgan fingerprint density at radius 3 is 2.71 bits per heavy atom. The number of para-hydroxylation sites is 1. The van der Waals surface area contributed by atoms with Gasteiger partial charge in [0.2, 0.25) is 0 Å². The molecule has 1 aromatic heterocycles. The Morgan fingerprint density at radius 1 is 1.38 bits per heavy atom. The zero-order valence-electron chi connectivity index (χ0n) is 12.4. The van der Waals surface area contributed by atoms with E-state index >= 15 is 0 Å². The van der Waals surface area contributed by atoms with Gasteiger partial charge in [-0.05, 0) is 43.7 Å². The van der Waals surface area contributed by atoms with E-state index in [0.29, 0.717) is 22.3 Å². The van der Waals surface area contributed by atoms with E-state index in [2.05, 4.69) is 6.92 Å². The minimum atomic E-state index is -0.765. The van der Waals surface area contributed by atoms with Gasteiger partial charge in [-0.1, -0.05) is 30.7 Å². The normalized spacial score (nSPS) is 27.9. The quantitative estimate of drug-likeness (QED) is 0.892. The summed E-state index contributed by atoms with van der Waals surface area (Å²) in [7, 11) is 1.68. The molecule has 114 valence electrons. The van der Waals surface area contributed by atoms with E-state index in [-0.39, 0.29) is 0 Å². The third-order valence-electron chi connectivity index (χ3n) is 4.81. The minimum absolute atomic E-state index is 0.537. The van der Waals surface area contributed by atoms with Crippen LogP contribution in [-0.4, -0.2) is 17.8 Å². The summed E-state index contributed by atoms with van der Waals surface area (Å²) in [6.45, 7) is 2.24. The Bertz CT molecular complexity index is 626. The number of fused-ring (bicyclic) bond motifs is 1. The lowest BCUT2D eigenvalue weighted by atomic mass is 9.75. The molecular weight excluding hydrogens is 288 g/mol. The Labute approximate surface area is 129 Å². The lowest BCUT2D eigenvalue weighted by Crippen LogP contribution is -2.41. The van der Waals surface area contributed by atoms with E-state index < -0.39 is 11.7 Å². The molecule has 2 aromatic rings. The summed E-state index contributed by atoms with van der Waals surface area (Å²) >= 11 is 6.14. The van der Waals surface area contributed by atoms with Crippen molar-refractivity contribution >= 4 is 22.6 Å². The Balaban J connectivity index is 1.95. The second kappa shape index (κ2) is 5.64. The first-order chi connectivity index (χ1) is 10.1. The summed E-state index contributed by atoms with van der Waals surface area (Å²) in [4.78, 5) is 0. The summed E-state index contributed by atoms with van der Waals surface area (Å²) < 4.78 is 11.5. The van der Waals surface area contributed by atoms with Crippen LogP contribution in [0.5, 0.6) is 0 Å². The molecule has 0 spiro atoms. The van der Waals surface area contributed by atoms with Gasteiger partial charge in [0.15, 0.2) is 5.58 Å². The predicted octanol–water partition coefficient (Wildman–Crippen LogP) is 4.71. The maximum atomic E-state index is 10.8. The van der Waals surface area contributed by atoms with E-state index in [4.69, 9.17) is 20.8 Å². The maximum Gasteiger partial charge on any atom is 0.152 e. The van der Waals surface area contributed by atoms with Crippen LogP contribution in [-0.2, 0) is 4.74 Å². The monoisotopic (exact) mass is 308 g/mol. The number of aliphatic hydroxyl groups excluding tert-OH is 1. The molecule has 0 radical (unpaired) electrons. The standard InChI is InChI=1S/C17H21ClO3/c1-11-6-8-17(20-2,9-7-11)16(19)14-10-12-4-3-5-13(18)15(12)21-14/h3-5,10-11,16,19H,6-9H2,1-2H3. The molecule has 0 aliphatic heterocycles. The molecule has 0 amide bonds. The van der Waals surface area contributed by atoms with Crippen LogP contribution in [0.25, 0.3) is 11.0 Å². The lowest BCUT2D eigenvalue weighted by molar-refractivity contribution is -0.136. The van der Waals surface area contributed by atoms with E-state index in [0.717, 1.165) is 31.1 Å². The van der Waals surface area contributed by atoms with Crippen LogP contribution in [0.15, 0.2) is 28.7 Å². The minimum Gasteiger partial charge on any atom is -0.457 e. The number of furan rings is 1. The molecule has 3 nitrogen and oxygen atoms in total. The first-order valence-corrected chi connectivity index (χ1v) is 7.85. The molecule has 0 bridgehead atoms. The van der Waals surface area contributed by atoms with Gasteiger partial charge in [0.25, 0.3) is 0 Å². The van der Waals surface area contributed by atoms with Crippen LogP contribution in [0.1, 0.15) is 44.5 Å². The molecule has 1 fully saturated rings. The SMILES string of the molecule is COC1(C(O)c2cc3cccc(Cl)c3o2)CCC(C)CC1. The number of ether oxygens (including phenoxy) is 1. The molecule has 1 saturated carbocycles. The summed E-state index contributed by atoms with van der Waals surface area (Å²) in [6.07, 6.45) is 3.05. The average molecular weight is 309 g/mol. The van der Waals surface area contributed by atoms with Crippen molar-refractivity contribution < 1.29 is 14.3 Å². The molecular formula is C17H21ClO3. The molecule has 0 saturated heterocycles. The number of hydrogen-bond acceptors (Lipinski definition) is 3. The van der Waals surface area contributed by atoms with Crippen LogP contribution in [0.4, 0.5) is 0 Å². The van der Waals surface area contributed by atoms with Crippen molar-refractivity contribution in [3.05, 3.63) is 35.0 Å². The van der Waals surface area contributed by atoms with Crippen molar-refractivity contribution in [3.63, 3.8) is 0 Å². The highest BCUT2D eigenvalue weighted by Gasteiger charge is 2.43. The van der Waals surface area contributed by atoms with Crippen LogP contribution in [0.2, 0.25) is 5.02 Å². The predicted molar refractivity (Wildman–Crippen MR) is 83.6 cm³/mol. The molecule has 1 heterocycles. The first kappa shape index (κ1) is 14.9. The Kier molecular flexibility index (Phi) is 4.00. The van der Waals surface area contributed by atoms with Gasteiger partial charge in [-0.15, -0.1) is 0 Å². The number of methoxy groups -OCH3 is 1. The molecule has 1 aromatic carbocycles. The van der Waals surface area contributed by atoms with E-state index in [1.54, 1.807) is 13.2 Å². The van der Waals surface area contributed by atoms with E-state index in [1.165, 1.54) is 0 Å². The van der Waals surface area contributed by atoms with Crippen LogP contribution in [0, 0.1) is 5.92 Å². The molecule has 1 N–H and O–H groups in total. The van der Waals surface area contributed by atoms with Gasteiger partial charge in [0.1, 0.15) is 17.5 Å². The molecule has 1 unspecified atom stereocenters. The van der Waals surface area contributed by atoms with Crippen molar-refractivity contribution in [3.8, 4) is 0 Å². The smallest absolute Gasteiger partial charge is 0.152 e. The third-order valence-corrected chi connectivity index (χ3v) is 5.11. The highest BCUT2D eigenvalue weighted by atomic mass is 35.5. The summed E-state index contributed by atoms with van der Waals surface area (Å²) in [5.41, 5.74) is 0.0796. The fourth-order valence-corrected chi connectivity index (χ4v) is 3.50. The van der Waals surface area contributed by atoms with Gasteiger partial charge < -0.3 is 14.3 Å². The number of aliphatic hydroxyl groups is 1. The van der Waals surface area contributed by atoms with Crippen molar-refractivity contribution in [1.29, 1.82) is 0 Å². The largest absolute Gasteiger partial charge is 0.457 e. The summed E-state index contributed by atoms with van der Waals surface area (Å²) in [6, 6.07) is 7.47. The summed E-state index contributed by atoms with van der Waals surface area (Å²) in [5.74, 6) is 1.22. The molecule has 3 rings (SSSR count). The second-order valence-electron chi connectivity index (χ2n) is 6.16. The topological polar surface area (TPSA) is 42.6 Å². The third kappa shape index (κ3) is 2.59. The van der Waals surface area contributed by atoms with Crippen LogP contribution < -0.4 is 0 Å². The number of hydrogen-bond donors (Lipinski definition) is 1. The summed E-state index contributed by atoms with van der Waals surface area (Å²) in [5, 5.41) is 12.3. The van der Waals surface area contributed by atoms with E-state index in [1.807, 2.05) is 18.2 Å². The number of benzene rings is 1. The number of rotatable bonds is 3. The lowest BCUT2D eigenvalue weighted by Gasteiger charge is -2.40. The molecule has 4 heteroatoms. The second-order valence-corrected chi connectivity index (χ2v) is 6.57. The zero-order chi connectivity index (χ0) is 15.0. The van der Waals surface area contributed by atoms with Crippen molar-refractivity contribution in [2.45, 2.75) is 44.3 Å². The van der Waals surface area contributed by atoms with Gasteiger partial charge in [-0.25, -0.2) is 0 Å². The fourth-order valence-electron chi connectivity index (χ4n) is 3.28. The molecule has 1 aliphatic rings. The molecule has 21 heavy (non-hydrogen) atoms. The highest BCUT2D eigenvalue weighted by molar-refractivity contribution is 6.34. The first-order valence-electron chi connectivity index (χ1n) is 7.47. The molecule has 1 atom stereocenters. The van der Waals surface area contributed by atoms with Gasteiger partial charge in [-0.2, -0.15) is 0 Å².